The molecule has 2 saturated heterocycles. The van der Waals surface area contributed by atoms with Gasteiger partial charge in [-0.2, -0.15) is 0 Å². The van der Waals surface area contributed by atoms with Crippen molar-refractivity contribution >= 4 is 16.8 Å². The van der Waals surface area contributed by atoms with Crippen LogP contribution in [0.15, 0.2) is 24.3 Å². The van der Waals surface area contributed by atoms with Crippen molar-refractivity contribution in [2.24, 2.45) is 5.92 Å². The lowest BCUT2D eigenvalue weighted by molar-refractivity contribution is 0.0905. The summed E-state index contributed by atoms with van der Waals surface area (Å²) in [7, 11) is 0. The number of carbonyl (C=O) groups is 1. The van der Waals surface area contributed by atoms with Gasteiger partial charge in [0.05, 0.1) is 6.61 Å². The minimum Gasteiger partial charge on any atom is -0.493 e. The summed E-state index contributed by atoms with van der Waals surface area (Å²) in [6.07, 6.45) is 8.86. The van der Waals surface area contributed by atoms with Gasteiger partial charge in [-0.05, 0) is 82.4 Å². The molecule has 2 aromatic rings. The topological polar surface area (TPSA) is 60.6 Å². The summed E-state index contributed by atoms with van der Waals surface area (Å²) in [6, 6.07) is 8.13. The first-order chi connectivity index (χ1) is 16.1. The Morgan fingerprint density at radius 3 is 2.45 bits per heavy atom. The summed E-state index contributed by atoms with van der Waals surface area (Å²) >= 11 is 0. The van der Waals surface area contributed by atoms with E-state index in [0.29, 0.717) is 18.2 Å². The van der Waals surface area contributed by atoms with Gasteiger partial charge in [0.1, 0.15) is 11.4 Å². The van der Waals surface area contributed by atoms with Crippen LogP contribution < -0.4 is 10.1 Å². The second-order valence-corrected chi connectivity index (χ2v) is 10.3. The molecule has 1 aromatic heterocycles. The molecule has 0 radical (unpaired) electrons. The maximum Gasteiger partial charge on any atom is 0.267 e. The second-order valence-electron chi connectivity index (χ2n) is 10.3. The van der Waals surface area contributed by atoms with Crippen LogP contribution in [0, 0.1) is 5.92 Å². The zero-order valence-electron chi connectivity index (χ0n) is 20.6. The lowest BCUT2D eigenvalue weighted by atomic mass is 10.0. The number of nitrogens with zero attached hydrogens (tertiary/aromatic N) is 2. The highest BCUT2D eigenvalue weighted by Gasteiger charge is 2.22. The van der Waals surface area contributed by atoms with Gasteiger partial charge in [0.2, 0.25) is 0 Å². The first-order valence-electron chi connectivity index (χ1n) is 13.1. The molecule has 0 spiro atoms. The second kappa shape index (κ2) is 11.9. The average molecular weight is 455 g/mol. The number of hydrogen-bond acceptors (Lipinski definition) is 4. The van der Waals surface area contributed by atoms with E-state index >= 15 is 0 Å². The highest BCUT2D eigenvalue weighted by Crippen LogP contribution is 2.27. The SMILES string of the molecule is CC(C)COc1cccc2[nH]c(C(=O)NC3CCN(CCCN4CCCCCC4)CC3)cc12. The number of piperidine rings is 1. The fourth-order valence-corrected chi connectivity index (χ4v) is 5.07. The molecule has 6 heteroatoms. The van der Waals surface area contributed by atoms with Crippen LogP contribution in [0.5, 0.6) is 5.75 Å². The number of carbonyl (C=O) groups excluding carboxylic acids is 1. The van der Waals surface area contributed by atoms with Gasteiger partial charge in [-0.3, -0.25) is 4.79 Å². The molecule has 1 amide bonds. The van der Waals surface area contributed by atoms with Crippen LogP contribution in [-0.2, 0) is 0 Å². The van der Waals surface area contributed by atoms with Crippen LogP contribution in [0.2, 0.25) is 0 Å². The summed E-state index contributed by atoms with van der Waals surface area (Å²) < 4.78 is 5.95. The summed E-state index contributed by atoms with van der Waals surface area (Å²) in [4.78, 5) is 21.4. The van der Waals surface area contributed by atoms with E-state index in [-0.39, 0.29) is 11.9 Å². The molecule has 182 valence electrons. The van der Waals surface area contributed by atoms with Crippen molar-refractivity contribution < 1.29 is 9.53 Å². The number of benzene rings is 1. The van der Waals surface area contributed by atoms with Crippen molar-refractivity contribution in [3.63, 3.8) is 0 Å². The van der Waals surface area contributed by atoms with E-state index in [2.05, 4.69) is 33.9 Å². The summed E-state index contributed by atoms with van der Waals surface area (Å²) in [6.45, 7) is 12.1. The maximum atomic E-state index is 12.9. The molecule has 4 rings (SSSR count). The number of aromatic amines is 1. The van der Waals surface area contributed by atoms with E-state index in [0.717, 1.165) is 42.6 Å². The van der Waals surface area contributed by atoms with Gasteiger partial charge >= 0.3 is 0 Å². The van der Waals surface area contributed by atoms with Crippen molar-refractivity contribution in [2.45, 2.75) is 64.8 Å². The molecule has 0 aliphatic carbocycles. The number of fused-ring (bicyclic) bond motifs is 1. The maximum absolute atomic E-state index is 12.9. The van der Waals surface area contributed by atoms with Crippen LogP contribution >= 0.6 is 0 Å². The molecule has 0 saturated carbocycles. The lowest BCUT2D eigenvalue weighted by Gasteiger charge is -2.32. The van der Waals surface area contributed by atoms with Crippen molar-refractivity contribution in [3.8, 4) is 5.75 Å². The highest BCUT2D eigenvalue weighted by molar-refractivity contribution is 5.99. The van der Waals surface area contributed by atoms with Crippen LogP contribution in [0.3, 0.4) is 0 Å². The molecular formula is C27H42N4O2. The predicted molar refractivity (Wildman–Crippen MR) is 135 cm³/mol. The molecule has 0 bridgehead atoms. The van der Waals surface area contributed by atoms with E-state index in [1.807, 2.05) is 24.3 Å². The summed E-state index contributed by atoms with van der Waals surface area (Å²) in [5, 5.41) is 4.23. The largest absolute Gasteiger partial charge is 0.493 e. The van der Waals surface area contributed by atoms with E-state index in [1.54, 1.807) is 0 Å². The molecule has 1 aromatic carbocycles. The molecule has 0 unspecified atom stereocenters. The van der Waals surface area contributed by atoms with Gasteiger partial charge in [0.25, 0.3) is 5.91 Å². The minimum atomic E-state index is -0.0133. The molecule has 0 atom stereocenters. The van der Waals surface area contributed by atoms with Crippen LogP contribution in [0.4, 0.5) is 0 Å². The number of likely N-dealkylation sites (tertiary alicyclic amines) is 2. The predicted octanol–water partition coefficient (Wildman–Crippen LogP) is 4.66. The quantitative estimate of drug-likeness (QED) is 0.578. The van der Waals surface area contributed by atoms with Gasteiger partial charge in [-0.25, -0.2) is 0 Å². The Hall–Kier alpha value is -2.05. The van der Waals surface area contributed by atoms with E-state index in [9.17, 15) is 4.79 Å². The highest BCUT2D eigenvalue weighted by atomic mass is 16.5. The van der Waals surface area contributed by atoms with Gasteiger partial charge in [-0.1, -0.05) is 32.8 Å². The standard InChI is InChI=1S/C27H42N4O2/c1-21(2)20-33-26-10-7-9-24-23(26)19-25(29-24)27(32)28-22-11-17-31(18-12-22)16-8-15-30-13-5-3-4-6-14-30/h7,9-10,19,21-22,29H,3-6,8,11-18,20H2,1-2H3,(H,28,32). The normalized spacial score (nSPS) is 19.1. The third-order valence-electron chi connectivity index (χ3n) is 7.01. The number of ether oxygens (including phenoxy) is 1. The van der Waals surface area contributed by atoms with E-state index in [1.165, 1.54) is 58.3 Å². The van der Waals surface area contributed by atoms with Crippen molar-refractivity contribution in [1.29, 1.82) is 0 Å². The fraction of sp³-hybridized carbons (Fsp3) is 0.667. The number of rotatable bonds is 9. The minimum absolute atomic E-state index is 0.0133. The zero-order chi connectivity index (χ0) is 23.0. The molecule has 2 N–H and O–H groups in total. The van der Waals surface area contributed by atoms with Crippen LogP contribution in [-0.4, -0.2) is 72.6 Å². The van der Waals surface area contributed by atoms with E-state index in [4.69, 9.17) is 4.74 Å². The molecule has 6 nitrogen and oxygen atoms in total. The molecule has 2 aliphatic heterocycles. The monoisotopic (exact) mass is 454 g/mol. The van der Waals surface area contributed by atoms with E-state index < -0.39 is 0 Å². The molecule has 2 fully saturated rings. The first kappa shape index (κ1) is 24.1. The molecule has 33 heavy (non-hydrogen) atoms. The van der Waals surface area contributed by atoms with Crippen molar-refractivity contribution in [1.82, 2.24) is 20.1 Å². The zero-order valence-corrected chi connectivity index (χ0v) is 20.6. The number of amides is 1. The Morgan fingerprint density at radius 2 is 1.76 bits per heavy atom. The lowest BCUT2D eigenvalue weighted by Crippen LogP contribution is -2.45. The number of aromatic nitrogens is 1. The smallest absolute Gasteiger partial charge is 0.267 e. The third kappa shape index (κ3) is 6.97. The Kier molecular flexibility index (Phi) is 8.68. The Labute approximate surface area is 199 Å². The third-order valence-corrected chi connectivity index (χ3v) is 7.01. The summed E-state index contributed by atoms with van der Waals surface area (Å²) in [5.74, 6) is 1.28. The fourth-order valence-electron chi connectivity index (χ4n) is 5.07. The molecule has 3 heterocycles. The van der Waals surface area contributed by atoms with Crippen molar-refractivity contribution in [2.75, 3.05) is 45.9 Å². The average Bonchev–Trinajstić information content (AvgIpc) is 3.09. The molecular weight excluding hydrogens is 412 g/mol. The Bertz CT molecular complexity index is 877. The Morgan fingerprint density at radius 1 is 1.06 bits per heavy atom. The number of nitrogens with one attached hydrogen (secondary N) is 2. The molecule has 2 aliphatic rings. The van der Waals surface area contributed by atoms with Crippen LogP contribution in [0.25, 0.3) is 10.9 Å². The van der Waals surface area contributed by atoms with Gasteiger partial charge in [0.15, 0.2) is 0 Å². The number of hydrogen-bond donors (Lipinski definition) is 2. The van der Waals surface area contributed by atoms with Crippen LogP contribution in [0.1, 0.15) is 69.3 Å². The van der Waals surface area contributed by atoms with Gasteiger partial charge < -0.3 is 24.8 Å². The first-order valence-corrected chi connectivity index (χ1v) is 13.1. The Balaban J connectivity index is 1.22. The van der Waals surface area contributed by atoms with Crippen molar-refractivity contribution in [3.05, 3.63) is 30.0 Å². The van der Waals surface area contributed by atoms with Gasteiger partial charge in [0, 0.05) is 30.0 Å². The summed E-state index contributed by atoms with van der Waals surface area (Å²) in [5.41, 5.74) is 1.56. The van der Waals surface area contributed by atoms with Gasteiger partial charge in [-0.15, -0.1) is 0 Å². The number of H-pyrrole nitrogens is 1.